The van der Waals surface area contributed by atoms with E-state index < -0.39 is 35.1 Å². The van der Waals surface area contributed by atoms with Crippen molar-refractivity contribution < 1.29 is 35.1 Å². The summed E-state index contributed by atoms with van der Waals surface area (Å²) in [5.41, 5.74) is 5.63. The van der Waals surface area contributed by atoms with Crippen molar-refractivity contribution in [3.63, 3.8) is 0 Å². The highest BCUT2D eigenvalue weighted by atomic mass is 19.4. The molecule has 0 aromatic heterocycles. The average molecular weight is 617 g/mol. The van der Waals surface area contributed by atoms with E-state index in [1.807, 2.05) is 30.5 Å². The lowest BCUT2D eigenvalue weighted by atomic mass is 9.95. The van der Waals surface area contributed by atoms with Crippen LogP contribution in [0.5, 0.6) is 0 Å². The first-order chi connectivity index (χ1) is 21.3. The predicted octanol–water partition coefficient (Wildman–Crippen LogP) is 10.2. The van der Waals surface area contributed by atoms with E-state index in [4.69, 9.17) is 0 Å². The molecule has 2 aliphatic rings. The molecule has 7 rings (SSSR count). The second-order valence-corrected chi connectivity index (χ2v) is 10.8. The molecule has 10 heteroatoms. The summed E-state index contributed by atoms with van der Waals surface area (Å²) in [6.07, 6.45) is -7.33. The van der Waals surface area contributed by atoms with Gasteiger partial charge in [-0.1, -0.05) is 42.5 Å². The highest BCUT2D eigenvalue weighted by Crippen LogP contribution is 2.47. The van der Waals surface area contributed by atoms with Gasteiger partial charge in [0.1, 0.15) is 11.6 Å². The third-order valence-electron chi connectivity index (χ3n) is 8.22. The fourth-order valence-electron chi connectivity index (χ4n) is 6.17. The third-order valence-corrected chi connectivity index (χ3v) is 8.22. The maximum absolute atomic E-state index is 14.3. The molecule has 0 bridgehead atoms. The number of benzene rings is 5. The Labute approximate surface area is 250 Å². The summed E-state index contributed by atoms with van der Waals surface area (Å²) in [5, 5.41) is 9.48. The number of halogens is 8. The van der Waals surface area contributed by atoms with E-state index in [9.17, 15) is 40.4 Å². The Kier molecular flexibility index (Phi) is 6.24. The molecule has 2 nitrogen and oxygen atoms in total. The fourth-order valence-corrected chi connectivity index (χ4v) is 6.17. The Hall–Kier alpha value is -5.30. The molecule has 5 aromatic carbocycles. The van der Waals surface area contributed by atoms with Gasteiger partial charge >= 0.3 is 12.4 Å². The number of rotatable bonds is 2. The minimum atomic E-state index is -4.82. The number of hydrogen-bond donors (Lipinski definition) is 0. The van der Waals surface area contributed by atoms with Gasteiger partial charge in [-0.2, -0.15) is 36.6 Å². The summed E-state index contributed by atoms with van der Waals surface area (Å²) in [7, 11) is 0. The van der Waals surface area contributed by atoms with Gasteiger partial charge in [0, 0.05) is 11.1 Å². The SMILES string of the molecule is N#C/N=C1/c2cc(-c3ccc(C(F)(F)F)c(F)c3)ccc2-c2cc3c(cc21)Cc1cc(-c2ccc(C(F)(F)F)c(F)c2)ccc1-3. The van der Waals surface area contributed by atoms with Crippen molar-refractivity contribution in [2.75, 3.05) is 0 Å². The second-order valence-electron chi connectivity index (χ2n) is 10.8. The predicted molar refractivity (Wildman–Crippen MR) is 152 cm³/mol. The van der Waals surface area contributed by atoms with Crippen molar-refractivity contribution in [3.05, 3.63) is 130 Å². The van der Waals surface area contributed by atoms with E-state index in [1.54, 1.807) is 24.3 Å². The van der Waals surface area contributed by atoms with Crippen molar-refractivity contribution in [2.45, 2.75) is 18.8 Å². The zero-order valence-corrected chi connectivity index (χ0v) is 22.7. The number of aliphatic imine (C=N–C) groups is 1. The van der Waals surface area contributed by atoms with Gasteiger partial charge in [0.2, 0.25) is 6.19 Å². The van der Waals surface area contributed by atoms with Crippen molar-refractivity contribution in [1.82, 2.24) is 0 Å². The van der Waals surface area contributed by atoms with Crippen LogP contribution in [0, 0.1) is 23.1 Å². The number of fused-ring (bicyclic) bond motifs is 6. The van der Waals surface area contributed by atoms with Crippen LogP contribution in [0.25, 0.3) is 44.5 Å². The van der Waals surface area contributed by atoms with Crippen molar-refractivity contribution in [2.24, 2.45) is 4.99 Å². The highest BCUT2D eigenvalue weighted by Gasteiger charge is 2.35. The molecule has 5 aromatic rings. The minimum Gasteiger partial charge on any atom is -0.206 e. The molecule has 0 fully saturated rings. The molecule has 0 aliphatic heterocycles. The minimum absolute atomic E-state index is 0.232. The number of hydrogen-bond acceptors (Lipinski definition) is 2. The van der Waals surface area contributed by atoms with E-state index in [1.165, 1.54) is 12.1 Å². The highest BCUT2D eigenvalue weighted by molar-refractivity contribution is 6.25. The molecule has 2 aliphatic carbocycles. The first-order valence-corrected chi connectivity index (χ1v) is 13.5. The Balaban J connectivity index is 1.27. The largest absolute Gasteiger partial charge is 0.419 e. The fraction of sp³-hybridized carbons (Fsp3) is 0.0857. The molecule has 0 heterocycles. The lowest BCUT2D eigenvalue weighted by Gasteiger charge is -2.11. The lowest BCUT2D eigenvalue weighted by molar-refractivity contribution is -0.140. The van der Waals surface area contributed by atoms with Crippen LogP contribution in [-0.4, -0.2) is 5.71 Å². The van der Waals surface area contributed by atoms with Gasteiger partial charge in [0.15, 0.2) is 0 Å². The summed E-state index contributed by atoms with van der Waals surface area (Å²) in [4.78, 5) is 4.05. The normalized spacial score (nSPS) is 14.2. The van der Waals surface area contributed by atoms with Gasteiger partial charge in [0.25, 0.3) is 0 Å². The molecular formula is C35H16F8N2. The lowest BCUT2D eigenvalue weighted by Crippen LogP contribution is -2.07. The van der Waals surface area contributed by atoms with Crippen LogP contribution >= 0.6 is 0 Å². The zero-order chi connectivity index (χ0) is 31.8. The van der Waals surface area contributed by atoms with E-state index in [2.05, 4.69) is 4.99 Å². The topological polar surface area (TPSA) is 36.1 Å². The molecular weight excluding hydrogens is 600 g/mol. The number of alkyl halides is 6. The van der Waals surface area contributed by atoms with Crippen molar-refractivity contribution in [3.8, 4) is 50.7 Å². The molecule has 0 unspecified atom stereocenters. The van der Waals surface area contributed by atoms with Gasteiger partial charge in [-0.25, -0.2) is 8.78 Å². The smallest absolute Gasteiger partial charge is 0.206 e. The molecule has 0 amide bonds. The van der Waals surface area contributed by atoms with Crippen LogP contribution < -0.4 is 0 Å². The average Bonchev–Trinajstić information content (AvgIpc) is 3.48. The standard InChI is InChI=1S/C35H16F8N2/c36-31-13-19(3-7-29(31)34(38,39)40)17-1-5-23-21(9-17)10-22-12-28-26(15-25(22)23)24-6-2-18(11-27(24)33(28)45-16-44)20-4-8-30(32(37)14-20)35(41,42)43/h1-9,11-15H,10H2/b45-33-. The monoisotopic (exact) mass is 616 g/mol. The summed E-state index contributed by atoms with van der Waals surface area (Å²) in [6, 6.07) is 19.9. The van der Waals surface area contributed by atoms with Crippen LogP contribution in [0.15, 0.2) is 89.9 Å². The van der Waals surface area contributed by atoms with Crippen LogP contribution in [0.2, 0.25) is 0 Å². The molecule has 0 saturated heterocycles. The maximum atomic E-state index is 14.3. The summed E-state index contributed by atoms with van der Waals surface area (Å²) >= 11 is 0. The van der Waals surface area contributed by atoms with Gasteiger partial charge in [-0.15, -0.1) is 0 Å². The number of nitriles is 1. The molecule has 0 atom stereocenters. The quantitative estimate of drug-likeness (QED) is 0.141. The Morgan fingerprint density at radius 2 is 1.00 bits per heavy atom. The maximum Gasteiger partial charge on any atom is 0.419 e. The molecule has 0 N–H and O–H groups in total. The van der Waals surface area contributed by atoms with Gasteiger partial charge < -0.3 is 0 Å². The number of nitrogens with zero attached hydrogens (tertiary/aromatic N) is 2. The molecule has 45 heavy (non-hydrogen) atoms. The van der Waals surface area contributed by atoms with E-state index in [0.29, 0.717) is 46.0 Å². The zero-order valence-electron chi connectivity index (χ0n) is 22.7. The first-order valence-electron chi connectivity index (χ1n) is 13.5. The summed E-state index contributed by atoms with van der Waals surface area (Å²) in [5.74, 6) is -2.74. The molecule has 0 saturated carbocycles. The van der Waals surface area contributed by atoms with Crippen molar-refractivity contribution in [1.29, 1.82) is 5.26 Å². The van der Waals surface area contributed by atoms with E-state index in [0.717, 1.165) is 51.6 Å². The second kappa shape index (κ2) is 9.86. The van der Waals surface area contributed by atoms with Gasteiger partial charge in [0.05, 0.1) is 16.8 Å². The van der Waals surface area contributed by atoms with Crippen LogP contribution in [-0.2, 0) is 18.8 Å². The molecule has 0 spiro atoms. The Morgan fingerprint density at radius 3 is 1.56 bits per heavy atom. The van der Waals surface area contributed by atoms with Gasteiger partial charge in [-0.05, 0) is 105 Å². The van der Waals surface area contributed by atoms with Crippen LogP contribution in [0.4, 0.5) is 35.1 Å². The summed E-state index contributed by atoms with van der Waals surface area (Å²) in [6.45, 7) is 0. The van der Waals surface area contributed by atoms with E-state index >= 15 is 0 Å². The Morgan fingerprint density at radius 1 is 0.511 bits per heavy atom. The van der Waals surface area contributed by atoms with Crippen molar-refractivity contribution >= 4 is 5.71 Å². The molecule has 0 radical (unpaired) electrons. The third kappa shape index (κ3) is 4.67. The summed E-state index contributed by atoms with van der Waals surface area (Å²) < 4.78 is 107. The Bertz CT molecular complexity index is 2150. The first kappa shape index (κ1) is 28.5. The molecule has 222 valence electrons. The van der Waals surface area contributed by atoms with Crippen LogP contribution in [0.3, 0.4) is 0 Å². The van der Waals surface area contributed by atoms with Crippen LogP contribution in [0.1, 0.15) is 33.4 Å². The van der Waals surface area contributed by atoms with E-state index in [-0.39, 0.29) is 5.56 Å². The van der Waals surface area contributed by atoms with Gasteiger partial charge in [-0.3, -0.25) is 0 Å².